The van der Waals surface area contributed by atoms with Crippen LogP contribution in [0.5, 0.6) is 0 Å². The van der Waals surface area contributed by atoms with Gasteiger partial charge in [-0.1, -0.05) is 0 Å². The van der Waals surface area contributed by atoms with Gasteiger partial charge in [-0.25, -0.2) is 4.98 Å². The number of hydrogen-bond donors (Lipinski definition) is 1. The normalized spacial score (nSPS) is 11.6. The Bertz CT molecular complexity index is 324. The zero-order valence-electron chi connectivity index (χ0n) is 6.75. The highest BCUT2D eigenvalue weighted by Gasteiger charge is 2.36. The number of aryl methyl sites for hydroxylation is 1. The number of nitrogens with zero attached hydrogens (tertiary/aromatic N) is 1. The summed E-state index contributed by atoms with van der Waals surface area (Å²) in [6, 6.07) is 0. The molecule has 0 aromatic carbocycles. The summed E-state index contributed by atoms with van der Waals surface area (Å²) in [6.07, 6.45) is -1.21. The van der Waals surface area contributed by atoms with Gasteiger partial charge in [0, 0.05) is 5.38 Å². The van der Waals surface area contributed by atoms with Crippen molar-refractivity contribution in [1.82, 2.24) is 4.98 Å². The van der Waals surface area contributed by atoms with E-state index in [9.17, 15) is 13.6 Å². The molecule has 0 amide bonds. The molecule has 1 aromatic rings. The molecule has 0 aliphatic rings. The third-order valence-electron chi connectivity index (χ3n) is 1.37. The van der Waals surface area contributed by atoms with Crippen LogP contribution in [0.1, 0.15) is 17.1 Å². The standard InChI is InChI=1S/C7H7F2NO2S/c1-4-10-5(3-13-4)7(8,9)2-6(11)12/h3H,2H2,1H3,(H,11,12). The number of alkyl halides is 2. The molecule has 0 aliphatic carbocycles. The highest BCUT2D eigenvalue weighted by molar-refractivity contribution is 7.09. The predicted molar refractivity (Wildman–Crippen MR) is 43.0 cm³/mol. The molecule has 6 heteroatoms. The molecule has 1 rings (SSSR count). The Labute approximate surface area is 77.0 Å². The minimum Gasteiger partial charge on any atom is -0.481 e. The minimum absolute atomic E-state index is 0.461. The van der Waals surface area contributed by atoms with Gasteiger partial charge in [0.15, 0.2) is 0 Å². The lowest BCUT2D eigenvalue weighted by molar-refractivity contribution is -0.145. The average molecular weight is 207 g/mol. The molecule has 1 N–H and O–H groups in total. The molecular weight excluding hydrogens is 200 g/mol. The van der Waals surface area contributed by atoms with Crippen LogP contribution in [0.15, 0.2) is 5.38 Å². The summed E-state index contributed by atoms with van der Waals surface area (Å²) in [6.45, 7) is 1.59. The van der Waals surface area contributed by atoms with Gasteiger partial charge in [-0.15, -0.1) is 11.3 Å². The van der Waals surface area contributed by atoms with Crippen LogP contribution in [0, 0.1) is 6.92 Å². The van der Waals surface area contributed by atoms with E-state index in [1.165, 1.54) is 5.38 Å². The second-order valence-electron chi connectivity index (χ2n) is 2.53. The molecule has 0 spiro atoms. The molecule has 0 unspecified atom stereocenters. The molecule has 0 bridgehead atoms. The Morgan fingerprint density at radius 1 is 1.77 bits per heavy atom. The van der Waals surface area contributed by atoms with Crippen LogP contribution < -0.4 is 0 Å². The number of carboxylic acids is 1. The molecule has 13 heavy (non-hydrogen) atoms. The van der Waals surface area contributed by atoms with E-state index in [-0.39, 0.29) is 0 Å². The van der Waals surface area contributed by atoms with Gasteiger partial charge in [0.05, 0.1) is 5.01 Å². The van der Waals surface area contributed by atoms with E-state index < -0.39 is 24.0 Å². The number of halogens is 2. The second kappa shape index (κ2) is 3.37. The van der Waals surface area contributed by atoms with Gasteiger partial charge in [-0.05, 0) is 6.92 Å². The first kappa shape index (κ1) is 10.0. The largest absolute Gasteiger partial charge is 0.481 e. The fraction of sp³-hybridized carbons (Fsp3) is 0.429. The molecule has 0 aliphatic heterocycles. The number of hydrogen-bond acceptors (Lipinski definition) is 3. The van der Waals surface area contributed by atoms with Crippen molar-refractivity contribution in [1.29, 1.82) is 0 Å². The monoisotopic (exact) mass is 207 g/mol. The number of carbonyl (C=O) groups is 1. The van der Waals surface area contributed by atoms with Crippen LogP contribution in [0.25, 0.3) is 0 Å². The first-order valence-electron chi connectivity index (χ1n) is 3.44. The molecule has 72 valence electrons. The lowest BCUT2D eigenvalue weighted by Gasteiger charge is -2.09. The number of carboxylic acid groups (broad SMARTS) is 1. The summed E-state index contributed by atoms with van der Waals surface area (Å²) in [5, 5.41) is 9.89. The molecule has 3 nitrogen and oxygen atoms in total. The zero-order valence-corrected chi connectivity index (χ0v) is 7.57. The summed E-state index contributed by atoms with van der Waals surface area (Å²) in [5.41, 5.74) is -0.461. The topological polar surface area (TPSA) is 50.2 Å². The minimum atomic E-state index is -3.36. The SMILES string of the molecule is Cc1nc(C(F)(F)CC(=O)O)cs1. The summed E-state index contributed by atoms with van der Waals surface area (Å²) >= 11 is 1.07. The van der Waals surface area contributed by atoms with E-state index in [0.717, 1.165) is 11.3 Å². The van der Waals surface area contributed by atoms with E-state index in [1.807, 2.05) is 0 Å². The van der Waals surface area contributed by atoms with E-state index in [2.05, 4.69) is 4.98 Å². The first-order valence-corrected chi connectivity index (χ1v) is 4.32. The van der Waals surface area contributed by atoms with Crippen LogP contribution >= 0.6 is 11.3 Å². The zero-order chi connectivity index (χ0) is 10.1. The molecule has 1 heterocycles. The summed E-state index contributed by atoms with van der Waals surface area (Å²) in [5.74, 6) is -4.90. The smallest absolute Gasteiger partial charge is 0.309 e. The van der Waals surface area contributed by atoms with Gasteiger partial charge in [0.25, 0.3) is 0 Å². The van der Waals surface area contributed by atoms with E-state index >= 15 is 0 Å². The molecule has 0 radical (unpaired) electrons. The van der Waals surface area contributed by atoms with Crippen molar-refractivity contribution in [3.63, 3.8) is 0 Å². The Kier molecular flexibility index (Phi) is 2.60. The van der Waals surface area contributed by atoms with E-state index in [0.29, 0.717) is 5.01 Å². The van der Waals surface area contributed by atoms with Crippen molar-refractivity contribution in [2.45, 2.75) is 19.3 Å². The van der Waals surface area contributed by atoms with Crippen molar-refractivity contribution < 1.29 is 18.7 Å². The van der Waals surface area contributed by atoms with Crippen molar-refractivity contribution in [2.24, 2.45) is 0 Å². The van der Waals surface area contributed by atoms with Crippen molar-refractivity contribution in [3.05, 3.63) is 16.1 Å². The Balaban J connectivity index is 2.86. The molecule has 0 fully saturated rings. The number of aromatic nitrogens is 1. The van der Waals surface area contributed by atoms with Crippen molar-refractivity contribution >= 4 is 17.3 Å². The summed E-state index contributed by atoms with van der Waals surface area (Å²) < 4.78 is 26.0. The number of aliphatic carboxylic acids is 1. The molecule has 0 saturated heterocycles. The van der Waals surface area contributed by atoms with Crippen LogP contribution in [-0.2, 0) is 10.7 Å². The van der Waals surface area contributed by atoms with Crippen LogP contribution in [0.4, 0.5) is 8.78 Å². The predicted octanol–water partition coefficient (Wildman–Crippen LogP) is 2.02. The molecular formula is C7H7F2NO2S. The maximum absolute atomic E-state index is 13.0. The lowest BCUT2D eigenvalue weighted by Crippen LogP contribution is -2.18. The van der Waals surface area contributed by atoms with Crippen LogP contribution in [0.3, 0.4) is 0 Å². The second-order valence-corrected chi connectivity index (χ2v) is 3.59. The quantitative estimate of drug-likeness (QED) is 0.824. The van der Waals surface area contributed by atoms with Crippen LogP contribution in [0.2, 0.25) is 0 Å². The first-order chi connectivity index (χ1) is 5.92. The van der Waals surface area contributed by atoms with Gasteiger partial charge in [-0.3, -0.25) is 4.79 Å². The van der Waals surface area contributed by atoms with Crippen molar-refractivity contribution in [3.8, 4) is 0 Å². The van der Waals surface area contributed by atoms with Gasteiger partial charge in [0.2, 0.25) is 0 Å². The van der Waals surface area contributed by atoms with Gasteiger partial charge in [0.1, 0.15) is 12.1 Å². The van der Waals surface area contributed by atoms with E-state index in [1.54, 1.807) is 6.92 Å². The fourth-order valence-corrected chi connectivity index (χ4v) is 1.47. The third kappa shape index (κ3) is 2.45. The Hall–Kier alpha value is -1.04. The lowest BCUT2D eigenvalue weighted by atomic mass is 10.2. The Morgan fingerprint density at radius 3 is 2.77 bits per heavy atom. The third-order valence-corrected chi connectivity index (χ3v) is 2.14. The summed E-state index contributed by atoms with van der Waals surface area (Å²) in [4.78, 5) is 13.6. The molecule has 1 aromatic heterocycles. The van der Waals surface area contributed by atoms with Gasteiger partial charge >= 0.3 is 11.9 Å². The highest BCUT2D eigenvalue weighted by atomic mass is 32.1. The van der Waals surface area contributed by atoms with Gasteiger partial charge in [-0.2, -0.15) is 8.78 Å². The molecule has 0 saturated carbocycles. The van der Waals surface area contributed by atoms with Gasteiger partial charge < -0.3 is 5.11 Å². The summed E-state index contributed by atoms with van der Waals surface area (Å²) in [7, 11) is 0. The van der Waals surface area contributed by atoms with Crippen molar-refractivity contribution in [2.75, 3.05) is 0 Å². The highest BCUT2D eigenvalue weighted by Crippen LogP contribution is 2.31. The van der Waals surface area contributed by atoms with E-state index in [4.69, 9.17) is 5.11 Å². The maximum atomic E-state index is 13.0. The average Bonchev–Trinajstić information content (AvgIpc) is 2.32. The number of thiazole rings is 1. The maximum Gasteiger partial charge on any atom is 0.309 e. The Morgan fingerprint density at radius 2 is 2.38 bits per heavy atom. The number of rotatable bonds is 3. The van der Waals surface area contributed by atoms with Crippen LogP contribution in [-0.4, -0.2) is 16.1 Å². The fourth-order valence-electron chi connectivity index (χ4n) is 0.812. The molecule has 0 atom stereocenters.